The summed E-state index contributed by atoms with van der Waals surface area (Å²) in [6.07, 6.45) is -0.474. The van der Waals surface area contributed by atoms with Gasteiger partial charge >= 0.3 is 0 Å². The maximum atomic E-state index is 10.4. The first-order valence-corrected chi connectivity index (χ1v) is 8.58. The summed E-state index contributed by atoms with van der Waals surface area (Å²) in [6.45, 7) is 4.44. The third kappa shape index (κ3) is 4.20. The number of benzene rings is 2. The monoisotopic (exact) mass is 346 g/mol. The number of aliphatic hydroxyl groups is 1. The summed E-state index contributed by atoms with van der Waals surface area (Å²) in [7, 11) is 1.64. The zero-order valence-electron chi connectivity index (χ0n) is 13.9. The highest BCUT2D eigenvalue weighted by atomic mass is 35.5. The van der Waals surface area contributed by atoms with Gasteiger partial charge in [0.2, 0.25) is 0 Å². The zero-order valence-corrected chi connectivity index (χ0v) is 14.6. The first-order valence-electron chi connectivity index (χ1n) is 8.20. The van der Waals surface area contributed by atoms with E-state index in [0.717, 1.165) is 42.5 Å². The molecule has 1 aliphatic rings. The Kier molecular flexibility index (Phi) is 5.61. The van der Waals surface area contributed by atoms with Crippen molar-refractivity contribution in [2.24, 2.45) is 0 Å². The smallest absolute Gasteiger partial charge is 0.118 e. The summed E-state index contributed by atoms with van der Waals surface area (Å²) in [6, 6.07) is 15.6. The number of rotatable bonds is 5. The van der Waals surface area contributed by atoms with Crippen LogP contribution >= 0.6 is 11.6 Å². The molecule has 1 aliphatic heterocycles. The van der Waals surface area contributed by atoms with Gasteiger partial charge in [0, 0.05) is 43.4 Å². The van der Waals surface area contributed by atoms with E-state index in [2.05, 4.69) is 21.9 Å². The fraction of sp³-hybridized carbons (Fsp3) is 0.368. The molecule has 24 heavy (non-hydrogen) atoms. The molecule has 1 N–H and O–H groups in total. The first-order chi connectivity index (χ1) is 11.7. The number of aliphatic hydroxyl groups excluding tert-OH is 1. The third-order valence-electron chi connectivity index (χ3n) is 4.50. The molecule has 1 fully saturated rings. The predicted octanol–water partition coefficient (Wildman–Crippen LogP) is 3.20. The maximum Gasteiger partial charge on any atom is 0.118 e. The highest BCUT2D eigenvalue weighted by Crippen LogP contribution is 2.22. The number of piperazine rings is 1. The molecule has 1 atom stereocenters. The number of anilines is 1. The fourth-order valence-electron chi connectivity index (χ4n) is 3.02. The van der Waals surface area contributed by atoms with Crippen LogP contribution in [0, 0.1) is 0 Å². The molecule has 0 amide bonds. The normalized spacial score (nSPS) is 16.9. The minimum absolute atomic E-state index is 0.474. The fourth-order valence-corrected chi connectivity index (χ4v) is 3.14. The van der Waals surface area contributed by atoms with Gasteiger partial charge in [-0.05, 0) is 42.0 Å². The standard InChI is InChI=1S/C19H23ClN2O2/c1-24-18-8-2-15(3-9-18)19(23)14-21-10-12-22(13-11-21)17-6-4-16(20)5-7-17/h2-9,19,23H,10-14H2,1H3/t19-/m0/s1. The van der Waals surface area contributed by atoms with Crippen molar-refractivity contribution in [2.45, 2.75) is 6.10 Å². The molecule has 128 valence electrons. The molecule has 0 aliphatic carbocycles. The van der Waals surface area contributed by atoms with E-state index in [1.54, 1.807) is 7.11 Å². The Morgan fingerprint density at radius 2 is 1.62 bits per heavy atom. The summed E-state index contributed by atoms with van der Waals surface area (Å²) < 4.78 is 5.15. The molecule has 2 aromatic rings. The second kappa shape index (κ2) is 7.88. The van der Waals surface area contributed by atoms with Crippen LogP contribution in [0.1, 0.15) is 11.7 Å². The average Bonchev–Trinajstić information content (AvgIpc) is 2.63. The van der Waals surface area contributed by atoms with Gasteiger partial charge in [0.1, 0.15) is 5.75 Å². The van der Waals surface area contributed by atoms with E-state index < -0.39 is 6.10 Å². The van der Waals surface area contributed by atoms with Crippen molar-refractivity contribution in [3.05, 3.63) is 59.1 Å². The Morgan fingerprint density at radius 1 is 1.00 bits per heavy atom. The largest absolute Gasteiger partial charge is 0.497 e. The summed E-state index contributed by atoms with van der Waals surface area (Å²) >= 11 is 5.95. The molecular formula is C19H23ClN2O2. The number of ether oxygens (including phenoxy) is 1. The maximum absolute atomic E-state index is 10.4. The Balaban J connectivity index is 1.51. The molecule has 2 aromatic carbocycles. The lowest BCUT2D eigenvalue weighted by molar-refractivity contribution is 0.109. The predicted molar refractivity (Wildman–Crippen MR) is 98.1 cm³/mol. The summed E-state index contributed by atoms with van der Waals surface area (Å²) in [5, 5.41) is 11.2. The minimum atomic E-state index is -0.474. The van der Waals surface area contributed by atoms with Crippen LogP contribution in [0.3, 0.4) is 0 Å². The number of β-amino-alcohol motifs (C(OH)–C–C–N with tert-alkyl or cyclic N) is 1. The van der Waals surface area contributed by atoms with Crippen LogP contribution in [-0.2, 0) is 0 Å². The molecule has 3 rings (SSSR count). The van der Waals surface area contributed by atoms with E-state index in [0.29, 0.717) is 6.54 Å². The average molecular weight is 347 g/mol. The van der Waals surface area contributed by atoms with Gasteiger partial charge in [0.25, 0.3) is 0 Å². The van der Waals surface area contributed by atoms with Crippen molar-refractivity contribution in [3.63, 3.8) is 0 Å². The Labute approximate surface area is 148 Å². The van der Waals surface area contributed by atoms with E-state index in [1.165, 1.54) is 5.69 Å². The van der Waals surface area contributed by atoms with E-state index in [9.17, 15) is 5.11 Å². The summed E-state index contributed by atoms with van der Waals surface area (Å²) in [5.74, 6) is 0.808. The first kappa shape index (κ1) is 17.1. The second-order valence-electron chi connectivity index (χ2n) is 6.05. The molecule has 0 bridgehead atoms. The van der Waals surface area contributed by atoms with Gasteiger partial charge < -0.3 is 14.7 Å². The number of nitrogens with zero attached hydrogens (tertiary/aromatic N) is 2. The van der Waals surface area contributed by atoms with Crippen LogP contribution in [0.5, 0.6) is 5.75 Å². The highest BCUT2D eigenvalue weighted by molar-refractivity contribution is 6.30. The highest BCUT2D eigenvalue weighted by Gasteiger charge is 2.20. The Morgan fingerprint density at radius 3 is 2.21 bits per heavy atom. The van der Waals surface area contributed by atoms with Gasteiger partial charge in [-0.15, -0.1) is 0 Å². The van der Waals surface area contributed by atoms with Crippen LogP contribution in [0.25, 0.3) is 0 Å². The van der Waals surface area contributed by atoms with Crippen molar-refractivity contribution < 1.29 is 9.84 Å². The van der Waals surface area contributed by atoms with Crippen LogP contribution < -0.4 is 9.64 Å². The molecule has 0 unspecified atom stereocenters. The SMILES string of the molecule is COc1ccc([C@@H](O)CN2CCN(c3ccc(Cl)cc3)CC2)cc1. The molecule has 0 saturated carbocycles. The molecule has 5 heteroatoms. The Hall–Kier alpha value is -1.75. The van der Waals surface area contributed by atoms with E-state index in [4.69, 9.17) is 16.3 Å². The lowest BCUT2D eigenvalue weighted by Crippen LogP contribution is -2.47. The van der Waals surface area contributed by atoms with E-state index in [1.807, 2.05) is 36.4 Å². The molecule has 1 heterocycles. The topological polar surface area (TPSA) is 35.9 Å². The van der Waals surface area contributed by atoms with Crippen molar-refractivity contribution in [2.75, 3.05) is 44.7 Å². The summed E-state index contributed by atoms with van der Waals surface area (Å²) in [4.78, 5) is 4.66. The van der Waals surface area contributed by atoms with Crippen LogP contribution in [0.2, 0.25) is 5.02 Å². The second-order valence-corrected chi connectivity index (χ2v) is 6.49. The molecule has 0 aromatic heterocycles. The number of hydrogen-bond donors (Lipinski definition) is 1. The number of methoxy groups -OCH3 is 1. The van der Waals surface area contributed by atoms with Gasteiger partial charge in [-0.1, -0.05) is 23.7 Å². The lowest BCUT2D eigenvalue weighted by Gasteiger charge is -2.37. The molecule has 1 saturated heterocycles. The van der Waals surface area contributed by atoms with Crippen molar-refractivity contribution in [3.8, 4) is 5.75 Å². The molecular weight excluding hydrogens is 324 g/mol. The van der Waals surface area contributed by atoms with Gasteiger partial charge in [-0.3, -0.25) is 4.90 Å². The van der Waals surface area contributed by atoms with Crippen molar-refractivity contribution in [1.29, 1.82) is 0 Å². The third-order valence-corrected chi connectivity index (χ3v) is 4.75. The van der Waals surface area contributed by atoms with Gasteiger partial charge in [-0.25, -0.2) is 0 Å². The molecule has 0 radical (unpaired) electrons. The molecule has 4 nitrogen and oxygen atoms in total. The quantitative estimate of drug-likeness (QED) is 0.902. The van der Waals surface area contributed by atoms with Crippen molar-refractivity contribution >= 4 is 17.3 Å². The van der Waals surface area contributed by atoms with Crippen LogP contribution in [-0.4, -0.2) is 49.8 Å². The van der Waals surface area contributed by atoms with Crippen molar-refractivity contribution in [1.82, 2.24) is 4.90 Å². The number of halogens is 1. The van der Waals surface area contributed by atoms with Crippen LogP contribution in [0.15, 0.2) is 48.5 Å². The van der Waals surface area contributed by atoms with Gasteiger partial charge in [0.15, 0.2) is 0 Å². The summed E-state index contributed by atoms with van der Waals surface area (Å²) in [5.41, 5.74) is 2.13. The Bertz CT molecular complexity index is 637. The van der Waals surface area contributed by atoms with E-state index in [-0.39, 0.29) is 0 Å². The molecule has 0 spiro atoms. The zero-order chi connectivity index (χ0) is 16.9. The van der Waals surface area contributed by atoms with Crippen LogP contribution in [0.4, 0.5) is 5.69 Å². The number of hydrogen-bond acceptors (Lipinski definition) is 4. The minimum Gasteiger partial charge on any atom is -0.497 e. The van der Waals surface area contributed by atoms with E-state index >= 15 is 0 Å². The lowest BCUT2D eigenvalue weighted by atomic mass is 10.1. The van der Waals surface area contributed by atoms with Gasteiger partial charge in [-0.2, -0.15) is 0 Å². The van der Waals surface area contributed by atoms with Gasteiger partial charge in [0.05, 0.1) is 13.2 Å².